The summed E-state index contributed by atoms with van der Waals surface area (Å²) in [6.07, 6.45) is 24.0. The summed E-state index contributed by atoms with van der Waals surface area (Å²) in [4.78, 5) is 31.5. The number of carboxylic acids is 1. The zero-order valence-corrected chi connectivity index (χ0v) is 27.3. The summed E-state index contributed by atoms with van der Waals surface area (Å²) in [5, 5.41) is 20.3. The maximum absolute atomic E-state index is 12.0. The number of carbonyl (C=O) groups excluding carboxylic acids is 1. The second-order valence-corrected chi connectivity index (χ2v) is 11.7. The van der Waals surface area contributed by atoms with Gasteiger partial charge in [0.1, 0.15) is 0 Å². The number of hydrogen-bond acceptors (Lipinski definition) is 6. The molecule has 0 aliphatic rings. The Balaban J connectivity index is 4.12. The first-order chi connectivity index (χ1) is 20.4. The molecule has 0 heterocycles. The van der Waals surface area contributed by atoms with Gasteiger partial charge in [0.05, 0.1) is 6.61 Å². The first-order valence-corrected chi connectivity index (χ1v) is 16.9. The molecule has 0 aliphatic heterocycles. The summed E-state index contributed by atoms with van der Waals surface area (Å²) in [7, 11) is 3.74. The number of hydrogen-bond donors (Lipinski definition) is 2. The Bertz CT molecular complexity index is 724. The van der Waals surface area contributed by atoms with Crippen molar-refractivity contribution >= 4 is 17.9 Å². The number of aliphatic carboxylic acids is 1. The van der Waals surface area contributed by atoms with E-state index in [1.54, 1.807) is 0 Å². The number of nitrogens with one attached hydrogen (secondary N) is 1. The SMILES string of the molecule is CCCCCCCCCOC(=O)CCCCCCCN(CCCCCCCC(=O)O)CCCCN=C(NC#N)N(C)C. The third-order valence-electron chi connectivity index (χ3n) is 7.47. The summed E-state index contributed by atoms with van der Waals surface area (Å²) in [6, 6.07) is 0. The van der Waals surface area contributed by atoms with E-state index in [-0.39, 0.29) is 12.4 Å². The average molecular weight is 594 g/mol. The molecule has 0 saturated heterocycles. The van der Waals surface area contributed by atoms with Crippen molar-refractivity contribution in [2.75, 3.05) is 46.9 Å². The molecule has 0 amide bonds. The van der Waals surface area contributed by atoms with Crippen molar-refractivity contribution in [2.45, 2.75) is 142 Å². The van der Waals surface area contributed by atoms with Crippen molar-refractivity contribution < 1.29 is 19.4 Å². The summed E-state index contributed by atoms with van der Waals surface area (Å²) in [5.41, 5.74) is 0. The fourth-order valence-corrected chi connectivity index (χ4v) is 4.90. The van der Waals surface area contributed by atoms with Crippen molar-refractivity contribution in [1.82, 2.24) is 15.1 Å². The Labute approximate surface area is 257 Å². The minimum absolute atomic E-state index is 0.0411. The number of ether oxygens (including phenoxy) is 1. The van der Waals surface area contributed by atoms with E-state index in [1.165, 1.54) is 38.5 Å². The van der Waals surface area contributed by atoms with Crippen molar-refractivity contribution in [3.8, 4) is 6.19 Å². The van der Waals surface area contributed by atoms with Crippen LogP contribution in [0.2, 0.25) is 0 Å². The molecule has 0 aromatic heterocycles. The number of guanidine groups is 1. The van der Waals surface area contributed by atoms with Crippen LogP contribution in [0.1, 0.15) is 142 Å². The second-order valence-electron chi connectivity index (χ2n) is 11.7. The van der Waals surface area contributed by atoms with Crippen LogP contribution in [0.3, 0.4) is 0 Å². The van der Waals surface area contributed by atoms with Crippen LogP contribution in [0.4, 0.5) is 0 Å². The van der Waals surface area contributed by atoms with E-state index in [0.29, 0.717) is 25.5 Å². The van der Waals surface area contributed by atoms with E-state index in [1.807, 2.05) is 25.2 Å². The average Bonchev–Trinajstić information content (AvgIpc) is 2.95. The van der Waals surface area contributed by atoms with Gasteiger partial charge < -0.3 is 19.6 Å². The monoisotopic (exact) mass is 593 g/mol. The first-order valence-electron chi connectivity index (χ1n) is 16.9. The van der Waals surface area contributed by atoms with Gasteiger partial charge in [0.15, 0.2) is 6.19 Å². The number of carboxylic acid groups (broad SMARTS) is 1. The molecule has 0 rings (SSSR count). The van der Waals surface area contributed by atoms with Crippen LogP contribution in [0, 0.1) is 11.5 Å². The lowest BCUT2D eigenvalue weighted by atomic mass is 10.1. The Morgan fingerprint density at radius 3 is 1.79 bits per heavy atom. The first kappa shape index (κ1) is 39.7. The van der Waals surface area contributed by atoms with Gasteiger partial charge in [-0.25, -0.2) is 0 Å². The molecular formula is C33H63N5O4. The molecular weight excluding hydrogens is 530 g/mol. The summed E-state index contributed by atoms with van der Waals surface area (Å²) in [5.74, 6) is -0.149. The van der Waals surface area contributed by atoms with Gasteiger partial charge in [-0.3, -0.25) is 19.9 Å². The van der Waals surface area contributed by atoms with Gasteiger partial charge in [-0.2, -0.15) is 5.26 Å². The van der Waals surface area contributed by atoms with Crippen molar-refractivity contribution in [1.29, 1.82) is 5.26 Å². The summed E-state index contributed by atoms with van der Waals surface area (Å²) < 4.78 is 5.40. The van der Waals surface area contributed by atoms with Gasteiger partial charge in [0, 0.05) is 33.5 Å². The molecule has 0 spiro atoms. The molecule has 0 aromatic carbocycles. The topological polar surface area (TPSA) is 118 Å². The Morgan fingerprint density at radius 2 is 1.24 bits per heavy atom. The summed E-state index contributed by atoms with van der Waals surface area (Å²) >= 11 is 0. The number of carbonyl (C=O) groups is 2. The molecule has 9 heteroatoms. The van der Waals surface area contributed by atoms with Crippen LogP contribution >= 0.6 is 0 Å². The van der Waals surface area contributed by atoms with Crippen LogP contribution in [0.5, 0.6) is 0 Å². The van der Waals surface area contributed by atoms with Crippen LogP contribution < -0.4 is 5.32 Å². The fraction of sp³-hybridized carbons (Fsp3) is 0.879. The highest BCUT2D eigenvalue weighted by molar-refractivity contribution is 5.80. The van der Waals surface area contributed by atoms with E-state index >= 15 is 0 Å². The van der Waals surface area contributed by atoms with E-state index in [9.17, 15) is 9.59 Å². The molecule has 0 radical (unpaired) electrons. The largest absolute Gasteiger partial charge is 0.481 e. The number of nitrogens with zero attached hydrogens (tertiary/aromatic N) is 4. The fourth-order valence-electron chi connectivity index (χ4n) is 4.90. The molecule has 0 atom stereocenters. The van der Waals surface area contributed by atoms with Crippen molar-refractivity contribution in [3.05, 3.63) is 0 Å². The molecule has 2 N–H and O–H groups in total. The lowest BCUT2D eigenvalue weighted by Crippen LogP contribution is -2.33. The predicted molar refractivity (Wildman–Crippen MR) is 172 cm³/mol. The third kappa shape index (κ3) is 27.8. The van der Waals surface area contributed by atoms with Gasteiger partial charge >= 0.3 is 11.9 Å². The molecule has 0 aliphatic carbocycles. The highest BCUT2D eigenvalue weighted by Crippen LogP contribution is 2.11. The van der Waals surface area contributed by atoms with Crippen LogP contribution in [-0.4, -0.2) is 79.7 Å². The molecule has 0 saturated carbocycles. The van der Waals surface area contributed by atoms with E-state index < -0.39 is 5.97 Å². The van der Waals surface area contributed by atoms with Gasteiger partial charge in [-0.05, 0) is 64.6 Å². The normalized spacial score (nSPS) is 11.5. The standard InChI is InChI=1S/C33H63N5O4/c1-4-5-6-7-8-15-22-29-42-32(41)24-17-12-10-14-20-27-38(26-19-13-9-11-16-23-31(39)40)28-21-18-25-35-33(36-30-34)37(2)3/h4-29H2,1-3H3,(H,35,36)(H,39,40). The lowest BCUT2D eigenvalue weighted by Gasteiger charge is -2.22. The van der Waals surface area contributed by atoms with Crippen LogP contribution in [-0.2, 0) is 14.3 Å². The molecule has 0 aromatic rings. The third-order valence-corrected chi connectivity index (χ3v) is 7.47. The number of rotatable bonds is 29. The number of esters is 1. The summed E-state index contributed by atoms with van der Waals surface area (Å²) in [6.45, 7) is 6.71. The van der Waals surface area contributed by atoms with E-state index in [4.69, 9.17) is 15.1 Å². The number of nitriles is 1. The van der Waals surface area contributed by atoms with Gasteiger partial charge in [0.25, 0.3) is 0 Å². The molecule has 244 valence electrons. The molecule has 9 nitrogen and oxygen atoms in total. The second kappa shape index (κ2) is 30.1. The molecule has 0 bridgehead atoms. The van der Waals surface area contributed by atoms with Crippen molar-refractivity contribution in [3.63, 3.8) is 0 Å². The molecule has 0 fully saturated rings. The van der Waals surface area contributed by atoms with Crippen LogP contribution in [0.25, 0.3) is 0 Å². The van der Waals surface area contributed by atoms with Gasteiger partial charge in [-0.15, -0.1) is 0 Å². The zero-order chi connectivity index (χ0) is 31.1. The van der Waals surface area contributed by atoms with Crippen molar-refractivity contribution in [2.24, 2.45) is 4.99 Å². The maximum atomic E-state index is 12.0. The highest BCUT2D eigenvalue weighted by atomic mass is 16.5. The predicted octanol–water partition coefficient (Wildman–Crippen LogP) is 7.12. The highest BCUT2D eigenvalue weighted by Gasteiger charge is 2.07. The zero-order valence-electron chi connectivity index (χ0n) is 27.3. The Morgan fingerprint density at radius 1 is 0.738 bits per heavy atom. The quantitative estimate of drug-likeness (QED) is 0.0235. The van der Waals surface area contributed by atoms with Gasteiger partial charge in [0.2, 0.25) is 5.96 Å². The number of aliphatic imine (C=N–C) groups is 1. The maximum Gasteiger partial charge on any atom is 0.305 e. The molecule has 42 heavy (non-hydrogen) atoms. The Hall–Kier alpha value is -2.34. The number of unbranched alkanes of at least 4 members (excludes halogenated alkanes) is 15. The minimum atomic E-state index is -0.703. The van der Waals surface area contributed by atoms with Crippen LogP contribution in [0.15, 0.2) is 4.99 Å². The van der Waals surface area contributed by atoms with Gasteiger partial charge in [-0.1, -0.05) is 84.0 Å². The van der Waals surface area contributed by atoms with E-state index in [0.717, 1.165) is 103 Å². The molecule has 0 unspecified atom stereocenters. The minimum Gasteiger partial charge on any atom is -0.481 e. The smallest absolute Gasteiger partial charge is 0.305 e. The Kier molecular flexibility index (Phi) is 28.5. The lowest BCUT2D eigenvalue weighted by molar-refractivity contribution is -0.144. The van der Waals surface area contributed by atoms with E-state index in [2.05, 4.69) is 22.1 Å².